The molecular weight excluding hydrogens is 190 g/mol. The predicted molar refractivity (Wildman–Crippen MR) is 57.0 cm³/mol. The van der Waals surface area contributed by atoms with Crippen molar-refractivity contribution in [1.82, 2.24) is 4.90 Å². The van der Waals surface area contributed by atoms with Crippen LogP contribution in [0.4, 0.5) is 0 Å². The van der Waals surface area contributed by atoms with E-state index in [9.17, 15) is 9.59 Å². The first-order valence-electron chi connectivity index (χ1n) is 5.76. The summed E-state index contributed by atoms with van der Waals surface area (Å²) in [6.45, 7) is 2.68. The lowest BCUT2D eigenvalue weighted by Gasteiger charge is -2.14. The van der Waals surface area contributed by atoms with Gasteiger partial charge < -0.3 is 0 Å². The third kappa shape index (κ3) is 1.71. The summed E-state index contributed by atoms with van der Waals surface area (Å²) in [5, 5.41) is 0. The minimum absolute atomic E-state index is 0.0562. The van der Waals surface area contributed by atoms with Crippen LogP contribution in [0.25, 0.3) is 0 Å². The van der Waals surface area contributed by atoms with Gasteiger partial charge in [0.2, 0.25) is 11.8 Å². The summed E-state index contributed by atoms with van der Waals surface area (Å²) in [6.07, 6.45) is 7.48. The van der Waals surface area contributed by atoms with Gasteiger partial charge in [-0.2, -0.15) is 0 Å². The summed E-state index contributed by atoms with van der Waals surface area (Å²) < 4.78 is 0. The highest BCUT2D eigenvalue weighted by Crippen LogP contribution is 2.34. The summed E-state index contributed by atoms with van der Waals surface area (Å²) in [5.74, 6) is 0.00399. The largest absolute Gasteiger partial charge is 0.282 e. The summed E-state index contributed by atoms with van der Waals surface area (Å²) >= 11 is 0. The first-order chi connectivity index (χ1) is 7.25. The number of fused-ring (bicyclic) bond motifs is 1. The van der Waals surface area contributed by atoms with E-state index in [1.165, 1.54) is 4.90 Å². The molecule has 2 amide bonds. The highest BCUT2D eigenvalue weighted by atomic mass is 16.2. The van der Waals surface area contributed by atoms with Gasteiger partial charge in [-0.15, -0.1) is 0 Å². The number of unbranched alkanes of at least 4 members (excludes halogenated alkanes) is 1. The molecule has 1 fully saturated rings. The fraction of sp³-hybridized carbons (Fsp3) is 0.667. The van der Waals surface area contributed by atoms with Crippen LogP contribution in [0.15, 0.2) is 12.2 Å². The first kappa shape index (κ1) is 10.4. The Morgan fingerprint density at radius 1 is 1.20 bits per heavy atom. The normalized spacial score (nSPS) is 29.8. The maximum atomic E-state index is 11.9. The van der Waals surface area contributed by atoms with Crippen LogP contribution in [-0.2, 0) is 9.59 Å². The minimum Gasteiger partial charge on any atom is -0.282 e. The molecule has 2 atom stereocenters. The molecule has 1 aliphatic carbocycles. The Balaban J connectivity index is 2.10. The van der Waals surface area contributed by atoms with Crippen molar-refractivity contribution in [3.8, 4) is 0 Å². The third-order valence-corrected chi connectivity index (χ3v) is 3.33. The Hall–Kier alpha value is -1.12. The van der Waals surface area contributed by atoms with Crippen molar-refractivity contribution in [2.75, 3.05) is 6.54 Å². The van der Waals surface area contributed by atoms with Crippen LogP contribution in [-0.4, -0.2) is 23.3 Å². The van der Waals surface area contributed by atoms with Crippen LogP contribution in [0.3, 0.4) is 0 Å². The fourth-order valence-corrected chi connectivity index (χ4v) is 2.41. The van der Waals surface area contributed by atoms with E-state index in [1.54, 1.807) is 0 Å². The van der Waals surface area contributed by atoms with E-state index >= 15 is 0 Å². The van der Waals surface area contributed by atoms with Gasteiger partial charge in [0, 0.05) is 6.54 Å². The Labute approximate surface area is 90.1 Å². The maximum absolute atomic E-state index is 11.9. The van der Waals surface area contributed by atoms with Gasteiger partial charge in [-0.25, -0.2) is 0 Å². The average Bonchev–Trinajstić information content (AvgIpc) is 2.51. The van der Waals surface area contributed by atoms with Crippen LogP contribution in [0.2, 0.25) is 0 Å². The third-order valence-electron chi connectivity index (χ3n) is 3.33. The van der Waals surface area contributed by atoms with Crippen LogP contribution >= 0.6 is 0 Å². The molecule has 2 unspecified atom stereocenters. The zero-order valence-corrected chi connectivity index (χ0v) is 9.11. The van der Waals surface area contributed by atoms with E-state index in [0.29, 0.717) is 6.54 Å². The van der Waals surface area contributed by atoms with E-state index < -0.39 is 0 Å². The number of allylic oxidation sites excluding steroid dienone is 2. The van der Waals surface area contributed by atoms with Gasteiger partial charge in [0.1, 0.15) is 0 Å². The van der Waals surface area contributed by atoms with Crippen molar-refractivity contribution in [1.29, 1.82) is 0 Å². The molecule has 0 spiro atoms. The molecule has 0 aromatic heterocycles. The Morgan fingerprint density at radius 3 is 2.20 bits per heavy atom. The Morgan fingerprint density at radius 2 is 1.73 bits per heavy atom. The maximum Gasteiger partial charge on any atom is 0.233 e. The highest BCUT2D eigenvalue weighted by molar-refractivity contribution is 6.05. The molecule has 3 heteroatoms. The Kier molecular flexibility index (Phi) is 2.89. The molecule has 82 valence electrons. The number of imide groups is 1. The number of carbonyl (C=O) groups excluding carboxylic acids is 2. The lowest BCUT2D eigenvalue weighted by atomic mass is 9.85. The van der Waals surface area contributed by atoms with Gasteiger partial charge >= 0.3 is 0 Å². The second kappa shape index (κ2) is 4.17. The fourth-order valence-electron chi connectivity index (χ4n) is 2.41. The van der Waals surface area contributed by atoms with Crippen LogP contribution in [0.5, 0.6) is 0 Å². The van der Waals surface area contributed by atoms with Gasteiger partial charge in [0.25, 0.3) is 0 Å². The standard InChI is InChI=1S/C12H17NO2/c1-2-3-8-13-11(14)9-6-4-5-7-10(9)12(13)15/h4-5,9-10H,2-3,6-8H2,1H3. The number of nitrogens with zero attached hydrogens (tertiary/aromatic N) is 1. The molecule has 1 aliphatic heterocycles. The van der Waals surface area contributed by atoms with Crippen molar-refractivity contribution in [3.05, 3.63) is 12.2 Å². The number of carbonyl (C=O) groups is 2. The molecule has 2 aliphatic rings. The van der Waals surface area contributed by atoms with Gasteiger partial charge in [-0.3, -0.25) is 14.5 Å². The predicted octanol–water partition coefficient (Wildman–Crippen LogP) is 1.74. The van der Waals surface area contributed by atoms with E-state index in [4.69, 9.17) is 0 Å². The quantitative estimate of drug-likeness (QED) is 0.522. The highest BCUT2D eigenvalue weighted by Gasteiger charge is 2.46. The molecule has 0 aromatic rings. The van der Waals surface area contributed by atoms with Crippen molar-refractivity contribution >= 4 is 11.8 Å². The monoisotopic (exact) mass is 207 g/mol. The summed E-state index contributed by atoms with van der Waals surface area (Å²) in [5.41, 5.74) is 0. The van der Waals surface area contributed by atoms with Gasteiger partial charge in [0.05, 0.1) is 11.8 Å². The molecule has 0 bridgehead atoms. The molecule has 3 nitrogen and oxygen atoms in total. The van der Waals surface area contributed by atoms with Gasteiger partial charge in [-0.1, -0.05) is 25.5 Å². The van der Waals surface area contributed by atoms with Crippen LogP contribution in [0.1, 0.15) is 32.6 Å². The lowest BCUT2D eigenvalue weighted by molar-refractivity contribution is -0.139. The van der Waals surface area contributed by atoms with E-state index in [0.717, 1.165) is 25.7 Å². The molecule has 0 N–H and O–H groups in total. The van der Waals surface area contributed by atoms with Crippen LogP contribution < -0.4 is 0 Å². The van der Waals surface area contributed by atoms with Crippen LogP contribution in [0, 0.1) is 11.8 Å². The second-order valence-corrected chi connectivity index (χ2v) is 4.34. The molecule has 2 rings (SSSR count). The summed E-state index contributed by atoms with van der Waals surface area (Å²) in [7, 11) is 0. The summed E-state index contributed by atoms with van der Waals surface area (Å²) in [6, 6.07) is 0. The van der Waals surface area contributed by atoms with E-state index in [2.05, 4.69) is 6.92 Å². The zero-order valence-electron chi connectivity index (χ0n) is 9.11. The number of hydrogen-bond donors (Lipinski definition) is 0. The molecule has 0 saturated carbocycles. The number of likely N-dealkylation sites (tertiary alicyclic amines) is 1. The van der Waals surface area contributed by atoms with E-state index in [-0.39, 0.29) is 23.7 Å². The van der Waals surface area contributed by atoms with Gasteiger partial charge in [0.15, 0.2) is 0 Å². The second-order valence-electron chi connectivity index (χ2n) is 4.34. The molecule has 15 heavy (non-hydrogen) atoms. The van der Waals surface area contributed by atoms with Crippen molar-refractivity contribution < 1.29 is 9.59 Å². The average molecular weight is 207 g/mol. The number of amides is 2. The summed E-state index contributed by atoms with van der Waals surface area (Å²) in [4.78, 5) is 25.3. The van der Waals surface area contributed by atoms with E-state index in [1.807, 2.05) is 12.2 Å². The number of hydrogen-bond acceptors (Lipinski definition) is 2. The van der Waals surface area contributed by atoms with Crippen molar-refractivity contribution in [3.63, 3.8) is 0 Å². The molecular formula is C12H17NO2. The molecule has 1 heterocycles. The SMILES string of the molecule is CCCCN1C(=O)C2CC=CCC2C1=O. The topological polar surface area (TPSA) is 37.4 Å². The zero-order chi connectivity index (χ0) is 10.8. The van der Waals surface area contributed by atoms with Crippen molar-refractivity contribution in [2.24, 2.45) is 11.8 Å². The smallest absolute Gasteiger partial charge is 0.233 e. The van der Waals surface area contributed by atoms with Gasteiger partial charge in [-0.05, 0) is 19.3 Å². The Bertz CT molecular complexity index is 283. The molecule has 0 aromatic carbocycles. The minimum atomic E-state index is -0.0562. The lowest BCUT2D eigenvalue weighted by Crippen LogP contribution is -2.31. The molecule has 1 saturated heterocycles. The van der Waals surface area contributed by atoms with Crippen molar-refractivity contribution in [2.45, 2.75) is 32.6 Å². The first-order valence-corrected chi connectivity index (χ1v) is 5.76. The number of rotatable bonds is 3. The molecule has 0 radical (unpaired) electrons.